The van der Waals surface area contributed by atoms with E-state index in [9.17, 15) is 4.79 Å². The number of hydrogen-bond acceptors (Lipinski definition) is 2. The molecule has 1 aromatic carbocycles. The fraction of sp³-hybridized carbons (Fsp3) is 0.385. The molecular formula is C13H19ClN4O. The fourth-order valence-electron chi connectivity index (χ4n) is 1.62. The molecule has 0 saturated carbocycles. The van der Waals surface area contributed by atoms with Gasteiger partial charge < -0.3 is 10.2 Å². The third-order valence-corrected chi connectivity index (χ3v) is 2.90. The lowest BCUT2D eigenvalue weighted by Crippen LogP contribution is -2.42. The first-order valence-electron chi connectivity index (χ1n) is 5.99. The van der Waals surface area contributed by atoms with Crippen molar-refractivity contribution in [3.05, 3.63) is 28.8 Å². The van der Waals surface area contributed by atoms with E-state index in [1.54, 1.807) is 32.1 Å². The van der Waals surface area contributed by atoms with Crippen LogP contribution in [0.15, 0.2) is 23.2 Å². The highest BCUT2D eigenvalue weighted by Gasteiger charge is 2.11. The first-order chi connectivity index (χ1) is 8.99. The summed E-state index contributed by atoms with van der Waals surface area (Å²) in [4.78, 5) is 17.6. The molecule has 1 aromatic rings. The summed E-state index contributed by atoms with van der Waals surface area (Å²) in [5, 5.41) is 5.94. The normalized spacial score (nSPS) is 11.1. The molecule has 2 N–H and O–H groups in total. The Morgan fingerprint density at radius 3 is 2.63 bits per heavy atom. The van der Waals surface area contributed by atoms with E-state index in [1.165, 1.54) is 0 Å². The van der Waals surface area contributed by atoms with Crippen LogP contribution in [0.5, 0.6) is 0 Å². The highest BCUT2D eigenvalue weighted by Crippen LogP contribution is 2.26. The second-order valence-corrected chi connectivity index (χ2v) is 4.56. The van der Waals surface area contributed by atoms with Crippen molar-refractivity contribution < 1.29 is 4.79 Å². The summed E-state index contributed by atoms with van der Waals surface area (Å²) >= 11 is 6.10. The zero-order valence-electron chi connectivity index (χ0n) is 11.6. The van der Waals surface area contributed by atoms with Crippen LogP contribution in [-0.4, -0.2) is 38.0 Å². The highest BCUT2D eigenvalue weighted by molar-refractivity contribution is 6.34. The van der Waals surface area contributed by atoms with Crippen molar-refractivity contribution in [2.24, 2.45) is 4.99 Å². The van der Waals surface area contributed by atoms with Gasteiger partial charge in [0.2, 0.25) is 5.96 Å². The Labute approximate surface area is 118 Å². The van der Waals surface area contributed by atoms with Crippen LogP contribution in [0.4, 0.5) is 10.5 Å². The number of rotatable bonds is 2. The lowest BCUT2D eigenvalue weighted by molar-refractivity contribution is 0.255. The Morgan fingerprint density at radius 1 is 1.42 bits per heavy atom. The predicted molar refractivity (Wildman–Crippen MR) is 80.0 cm³/mol. The maximum atomic E-state index is 11.9. The number of guanidine groups is 1. The van der Waals surface area contributed by atoms with Crippen LogP contribution < -0.4 is 10.6 Å². The van der Waals surface area contributed by atoms with E-state index in [4.69, 9.17) is 11.6 Å². The van der Waals surface area contributed by atoms with E-state index in [1.807, 2.05) is 19.1 Å². The molecule has 0 fully saturated rings. The number of para-hydroxylation sites is 1. The molecule has 0 spiro atoms. The molecule has 5 nitrogen and oxygen atoms in total. The van der Waals surface area contributed by atoms with E-state index in [0.29, 0.717) is 16.7 Å². The number of amides is 2. The molecule has 1 rings (SSSR count). The van der Waals surface area contributed by atoms with Gasteiger partial charge in [0.1, 0.15) is 0 Å². The number of carbonyl (C=O) groups excluding carboxylic acids is 1. The average molecular weight is 283 g/mol. The topological polar surface area (TPSA) is 56.7 Å². The van der Waals surface area contributed by atoms with Gasteiger partial charge in [-0.2, -0.15) is 0 Å². The Balaban J connectivity index is 2.83. The molecule has 19 heavy (non-hydrogen) atoms. The number of aliphatic imine (C=N–C) groups is 1. The minimum absolute atomic E-state index is 0.364. The van der Waals surface area contributed by atoms with E-state index in [-0.39, 0.29) is 6.03 Å². The van der Waals surface area contributed by atoms with Crippen LogP contribution in [0, 0.1) is 0 Å². The summed E-state index contributed by atoms with van der Waals surface area (Å²) in [5.41, 5.74) is 1.63. The largest absolute Gasteiger partial charge is 0.349 e. The maximum Gasteiger partial charge on any atom is 0.326 e. The SMILES string of the molecule is CCc1cccc(Cl)c1NC(=O)NC(=NC)N(C)C. The Kier molecular flexibility index (Phi) is 5.63. The summed E-state index contributed by atoms with van der Waals surface area (Å²) < 4.78 is 0. The number of urea groups is 1. The van der Waals surface area contributed by atoms with E-state index < -0.39 is 0 Å². The molecule has 0 atom stereocenters. The number of hydrogen-bond donors (Lipinski definition) is 2. The molecule has 0 heterocycles. The minimum Gasteiger partial charge on any atom is -0.349 e. The number of benzene rings is 1. The van der Waals surface area contributed by atoms with Gasteiger partial charge in [0.15, 0.2) is 0 Å². The van der Waals surface area contributed by atoms with Gasteiger partial charge in [-0.15, -0.1) is 0 Å². The summed E-state index contributed by atoms with van der Waals surface area (Å²) in [7, 11) is 5.22. The van der Waals surface area contributed by atoms with Gasteiger partial charge in [-0.1, -0.05) is 30.7 Å². The standard InChI is InChI=1S/C13H19ClN4O/c1-5-9-7-6-8-10(14)11(9)16-13(19)17-12(15-2)18(3)4/h6-8H,5H2,1-4H3,(H2,15,16,17,19). The molecule has 6 heteroatoms. The maximum absolute atomic E-state index is 11.9. The van der Waals surface area contributed by atoms with Gasteiger partial charge in [-0.05, 0) is 18.1 Å². The number of aryl methyl sites for hydroxylation is 1. The summed E-state index contributed by atoms with van der Waals surface area (Å²) in [6.45, 7) is 2.01. The molecular weight excluding hydrogens is 264 g/mol. The lowest BCUT2D eigenvalue weighted by atomic mass is 10.1. The van der Waals surface area contributed by atoms with Gasteiger partial charge in [-0.3, -0.25) is 10.3 Å². The quantitative estimate of drug-likeness (QED) is 0.647. The van der Waals surface area contributed by atoms with Crippen molar-refractivity contribution >= 4 is 29.3 Å². The van der Waals surface area contributed by atoms with Crippen LogP contribution in [0.2, 0.25) is 5.02 Å². The van der Waals surface area contributed by atoms with Crippen molar-refractivity contribution in [2.45, 2.75) is 13.3 Å². The second-order valence-electron chi connectivity index (χ2n) is 4.15. The number of carbonyl (C=O) groups is 1. The molecule has 0 aliphatic rings. The molecule has 0 saturated heterocycles. The van der Waals surface area contributed by atoms with Crippen LogP contribution in [0.1, 0.15) is 12.5 Å². The van der Waals surface area contributed by atoms with Gasteiger partial charge in [0, 0.05) is 21.1 Å². The number of nitrogens with zero attached hydrogens (tertiary/aromatic N) is 2. The van der Waals surface area contributed by atoms with E-state index in [0.717, 1.165) is 12.0 Å². The van der Waals surface area contributed by atoms with Crippen molar-refractivity contribution in [3.8, 4) is 0 Å². The van der Waals surface area contributed by atoms with Crippen LogP contribution >= 0.6 is 11.6 Å². The van der Waals surface area contributed by atoms with Crippen LogP contribution in [-0.2, 0) is 6.42 Å². The molecule has 104 valence electrons. The zero-order chi connectivity index (χ0) is 14.4. The molecule has 2 amide bonds. The van der Waals surface area contributed by atoms with E-state index in [2.05, 4.69) is 15.6 Å². The minimum atomic E-state index is -0.364. The highest BCUT2D eigenvalue weighted by atomic mass is 35.5. The monoisotopic (exact) mass is 282 g/mol. The van der Waals surface area contributed by atoms with Crippen molar-refractivity contribution in [2.75, 3.05) is 26.5 Å². The average Bonchev–Trinajstić information content (AvgIpc) is 2.38. The number of anilines is 1. The smallest absolute Gasteiger partial charge is 0.326 e. The summed E-state index contributed by atoms with van der Waals surface area (Å²) in [6.07, 6.45) is 0.790. The molecule has 0 unspecified atom stereocenters. The van der Waals surface area contributed by atoms with Gasteiger partial charge >= 0.3 is 6.03 Å². The van der Waals surface area contributed by atoms with Gasteiger partial charge in [0.05, 0.1) is 10.7 Å². The molecule has 0 aliphatic carbocycles. The Hall–Kier alpha value is -1.75. The second kappa shape index (κ2) is 6.99. The van der Waals surface area contributed by atoms with Crippen molar-refractivity contribution in [3.63, 3.8) is 0 Å². The van der Waals surface area contributed by atoms with Crippen molar-refractivity contribution in [1.82, 2.24) is 10.2 Å². The Bertz CT molecular complexity index is 486. The van der Waals surface area contributed by atoms with Crippen LogP contribution in [0.3, 0.4) is 0 Å². The first kappa shape index (κ1) is 15.3. The fourth-order valence-corrected chi connectivity index (χ4v) is 1.86. The van der Waals surface area contributed by atoms with Crippen LogP contribution in [0.25, 0.3) is 0 Å². The molecule has 0 radical (unpaired) electrons. The Morgan fingerprint density at radius 2 is 2.11 bits per heavy atom. The third kappa shape index (κ3) is 4.13. The molecule has 0 bridgehead atoms. The summed E-state index contributed by atoms with van der Waals surface area (Å²) in [6, 6.07) is 5.18. The van der Waals surface area contributed by atoms with Crippen molar-refractivity contribution in [1.29, 1.82) is 0 Å². The number of nitrogens with one attached hydrogen (secondary N) is 2. The van der Waals surface area contributed by atoms with E-state index >= 15 is 0 Å². The predicted octanol–water partition coefficient (Wildman–Crippen LogP) is 2.57. The van der Waals surface area contributed by atoms with Gasteiger partial charge in [-0.25, -0.2) is 4.79 Å². The first-order valence-corrected chi connectivity index (χ1v) is 6.36. The third-order valence-electron chi connectivity index (χ3n) is 2.58. The van der Waals surface area contributed by atoms with Gasteiger partial charge in [0.25, 0.3) is 0 Å². The summed E-state index contributed by atoms with van der Waals surface area (Å²) in [5.74, 6) is 0.475. The lowest BCUT2D eigenvalue weighted by Gasteiger charge is -2.17. The number of halogens is 1. The molecule has 0 aliphatic heterocycles. The zero-order valence-corrected chi connectivity index (χ0v) is 12.4. The molecule has 0 aromatic heterocycles.